The van der Waals surface area contributed by atoms with Gasteiger partial charge in [0.1, 0.15) is 5.82 Å². The second-order valence-corrected chi connectivity index (χ2v) is 7.48. The molecule has 138 valence electrons. The highest BCUT2D eigenvalue weighted by atomic mass is 16.5. The molecule has 0 bridgehead atoms. The van der Waals surface area contributed by atoms with Crippen molar-refractivity contribution in [3.05, 3.63) is 24.2 Å². The van der Waals surface area contributed by atoms with Gasteiger partial charge in [0, 0.05) is 39.3 Å². The van der Waals surface area contributed by atoms with Gasteiger partial charge in [0.05, 0.1) is 11.5 Å². The van der Waals surface area contributed by atoms with Crippen LogP contribution in [-0.4, -0.2) is 53.1 Å². The molecule has 7 nitrogen and oxygen atoms in total. The molecule has 4 rings (SSSR count). The van der Waals surface area contributed by atoms with Gasteiger partial charge in [0.2, 0.25) is 17.6 Å². The number of carbonyl (C=O) groups excluding carboxylic acids is 1. The quantitative estimate of drug-likeness (QED) is 0.839. The molecule has 1 amide bonds. The van der Waals surface area contributed by atoms with Crippen LogP contribution in [0.4, 0.5) is 5.82 Å². The van der Waals surface area contributed by atoms with Crippen LogP contribution in [0, 0.1) is 5.92 Å². The van der Waals surface area contributed by atoms with Gasteiger partial charge in [-0.25, -0.2) is 4.98 Å². The van der Waals surface area contributed by atoms with Crippen LogP contribution < -0.4 is 4.90 Å². The zero-order valence-corrected chi connectivity index (χ0v) is 15.4. The highest BCUT2D eigenvalue weighted by Gasteiger charge is 2.30. The van der Waals surface area contributed by atoms with Gasteiger partial charge in [0.15, 0.2) is 0 Å². The molecule has 2 aromatic rings. The predicted octanol–water partition coefficient (Wildman–Crippen LogP) is 2.70. The lowest BCUT2D eigenvalue weighted by atomic mass is 9.85. The number of hydrogen-bond acceptors (Lipinski definition) is 6. The minimum Gasteiger partial charge on any atom is -0.355 e. The molecule has 3 heterocycles. The number of amides is 1. The van der Waals surface area contributed by atoms with E-state index in [-0.39, 0.29) is 11.8 Å². The normalized spacial score (nSPS) is 20.7. The highest BCUT2D eigenvalue weighted by Crippen LogP contribution is 2.37. The van der Waals surface area contributed by atoms with Gasteiger partial charge < -0.3 is 14.3 Å². The summed E-state index contributed by atoms with van der Waals surface area (Å²) in [4.78, 5) is 25.5. The molecule has 26 heavy (non-hydrogen) atoms. The number of nitrogens with zero attached hydrogens (tertiary/aromatic N) is 5. The summed E-state index contributed by atoms with van der Waals surface area (Å²) >= 11 is 0. The summed E-state index contributed by atoms with van der Waals surface area (Å²) in [6, 6.07) is 3.87. The number of carbonyl (C=O) groups is 1. The van der Waals surface area contributed by atoms with Crippen LogP contribution in [0.1, 0.15) is 43.9 Å². The number of anilines is 1. The first-order valence-corrected chi connectivity index (χ1v) is 9.38. The minimum absolute atomic E-state index is 0.00408. The second-order valence-electron chi connectivity index (χ2n) is 7.48. The molecule has 7 heteroatoms. The number of pyridine rings is 1. The second kappa shape index (κ2) is 7.05. The van der Waals surface area contributed by atoms with E-state index in [0.29, 0.717) is 18.3 Å². The fraction of sp³-hybridized carbons (Fsp3) is 0.579. The van der Waals surface area contributed by atoms with E-state index in [9.17, 15) is 4.79 Å². The molecule has 1 saturated heterocycles. The molecule has 1 saturated carbocycles. The molecular weight excluding hydrogens is 330 g/mol. The minimum atomic E-state index is 0.00408. The fourth-order valence-corrected chi connectivity index (χ4v) is 3.73. The molecule has 1 atom stereocenters. The monoisotopic (exact) mass is 355 g/mol. The van der Waals surface area contributed by atoms with Gasteiger partial charge in [-0.15, -0.1) is 0 Å². The smallest absolute Gasteiger partial charge is 0.230 e. The molecule has 2 aromatic heterocycles. The lowest BCUT2D eigenvalue weighted by molar-refractivity contribution is -0.133. The van der Waals surface area contributed by atoms with Crippen LogP contribution in [-0.2, 0) is 4.79 Å². The maximum Gasteiger partial charge on any atom is 0.230 e. The maximum atomic E-state index is 12.4. The average molecular weight is 355 g/mol. The summed E-state index contributed by atoms with van der Waals surface area (Å²) < 4.78 is 5.49. The van der Waals surface area contributed by atoms with Crippen molar-refractivity contribution in [3.8, 4) is 11.4 Å². The van der Waals surface area contributed by atoms with Gasteiger partial charge in [-0.3, -0.25) is 4.79 Å². The molecule has 0 aromatic carbocycles. The Hall–Kier alpha value is -2.44. The Morgan fingerprint density at radius 2 is 2.12 bits per heavy atom. The predicted molar refractivity (Wildman–Crippen MR) is 97.8 cm³/mol. The lowest BCUT2D eigenvalue weighted by Gasteiger charge is -2.34. The molecule has 2 fully saturated rings. The van der Waals surface area contributed by atoms with Crippen molar-refractivity contribution in [2.24, 2.45) is 5.92 Å². The van der Waals surface area contributed by atoms with Crippen molar-refractivity contribution >= 4 is 11.7 Å². The first kappa shape index (κ1) is 17.0. The topological polar surface area (TPSA) is 75.4 Å². The van der Waals surface area contributed by atoms with E-state index >= 15 is 0 Å². The van der Waals surface area contributed by atoms with Crippen LogP contribution in [0.5, 0.6) is 0 Å². The molecule has 1 unspecified atom stereocenters. The highest BCUT2D eigenvalue weighted by molar-refractivity contribution is 5.80. The maximum absolute atomic E-state index is 12.4. The lowest BCUT2D eigenvalue weighted by Crippen LogP contribution is -2.43. The van der Waals surface area contributed by atoms with E-state index in [2.05, 4.69) is 20.0 Å². The molecule has 0 radical (unpaired) electrons. The van der Waals surface area contributed by atoms with E-state index in [0.717, 1.165) is 49.5 Å². The van der Waals surface area contributed by atoms with Crippen LogP contribution in [0.15, 0.2) is 22.9 Å². The molecule has 1 aliphatic carbocycles. The van der Waals surface area contributed by atoms with Gasteiger partial charge in [0.25, 0.3) is 0 Å². The van der Waals surface area contributed by atoms with E-state index in [4.69, 9.17) is 4.52 Å². The molecule has 0 spiro atoms. The van der Waals surface area contributed by atoms with E-state index in [1.165, 1.54) is 6.42 Å². The standard InChI is InChI=1S/C19H25N5O2/c1-23(2)19(25)14-8-5-11-24(12-14)17-15(9-4-10-20-17)16-21-18(26-22-16)13-6-3-7-13/h4,9-10,13-14H,3,5-8,11-12H2,1-2H3. The Morgan fingerprint density at radius 1 is 1.27 bits per heavy atom. The Balaban J connectivity index is 1.59. The summed E-state index contributed by atoms with van der Waals surface area (Å²) in [6.07, 6.45) is 7.16. The molecular formula is C19H25N5O2. The average Bonchev–Trinajstić information content (AvgIpc) is 3.09. The first-order valence-electron chi connectivity index (χ1n) is 9.38. The van der Waals surface area contributed by atoms with Crippen LogP contribution in [0.25, 0.3) is 11.4 Å². The SMILES string of the molecule is CN(C)C(=O)C1CCCN(c2ncccc2-c2noc(C3CCC3)n2)C1. The molecule has 2 aliphatic rings. The van der Waals surface area contributed by atoms with Gasteiger partial charge in [-0.2, -0.15) is 4.98 Å². The van der Waals surface area contributed by atoms with Crippen molar-refractivity contribution in [2.75, 3.05) is 32.1 Å². The van der Waals surface area contributed by atoms with Crippen LogP contribution in [0.2, 0.25) is 0 Å². The van der Waals surface area contributed by atoms with Gasteiger partial charge in [-0.05, 0) is 37.8 Å². The van der Waals surface area contributed by atoms with E-state index in [1.54, 1.807) is 11.1 Å². The zero-order valence-electron chi connectivity index (χ0n) is 15.4. The van der Waals surface area contributed by atoms with Crippen molar-refractivity contribution < 1.29 is 9.32 Å². The summed E-state index contributed by atoms with van der Waals surface area (Å²) in [5, 5.41) is 4.20. The number of rotatable bonds is 4. The number of aromatic nitrogens is 3. The number of piperidine rings is 1. The third-order valence-corrected chi connectivity index (χ3v) is 5.43. The Bertz CT molecular complexity index is 784. The Morgan fingerprint density at radius 3 is 2.85 bits per heavy atom. The van der Waals surface area contributed by atoms with Crippen molar-refractivity contribution in [1.82, 2.24) is 20.0 Å². The van der Waals surface area contributed by atoms with E-state index < -0.39 is 0 Å². The molecule has 0 N–H and O–H groups in total. The van der Waals surface area contributed by atoms with Crippen molar-refractivity contribution in [2.45, 2.75) is 38.0 Å². The summed E-state index contributed by atoms with van der Waals surface area (Å²) in [5.74, 6) is 2.76. The van der Waals surface area contributed by atoms with Gasteiger partial charge in [-0.1, -0.05) is 11.6 Å². The Kier molecular flexibility index (Phi) is 4.61. The summed E-state index contributed by atoms with van der Waals surface area (Å²) in [7, 11) is 3.63. The van der Waals surface area contributed by atoms with Crippen LogP contribution >= 0.6 is 0 Å². The zero-order chi connectivity index (χ0) is 18.1. The fourth-order valence-electron chi connectivity index (χ4n) is 3.73. The summed E-state index contributed by atoms with van der Waals surface area (Å²) in [5.41, 5.74) is 0.875. The van der Waals surface area contributed by atoms with E-state index in [1.807, 2.05) is 26.2 Å². The van der Waals surface area contributed by atoms with Crippen molar-refractivity contribution in [3.63, 3.8) is 0 Å². The first-order chi connectivity index (χ1) is 12.6. The Labute approximate surface area is 153 Å². The third-order valence-electron chi connectivity index (χ3n) is 5.43. The number of hydrogen-bond donors (Lipinski definition) is 0. The third kappa shape index (κ3) is 3.18. The largest absolute Gasteiger partial charge is 0.355 e. The van der Waals surface area contributed by atoms with Crippen LogP contribution in [0.3, 0.4) is 0 Å². The van der Waals surface area contributed by atoms with Crippen molar-refractivity contribution in [1.29, 1.82) is 0 Å². The van der Waals surface area contributed by atoms with Gasteiger partial charge >= 0.3 is 0 Å². The summed E-state index contributed by atoms with van der Waals surface area (Å²) in [6.45, 7) is 1.56. The molecule has 1 aliphatic heterocycles.